The van der Waals surface area contributed by atoms with Crippen molar-refractivity contribution >= 4 is 15.9 Å². The molecule has 1 N–H and O–H groups in total. The maximum Gasteiger partial charge on any atom is 0.136 e. The molecule has 1 aromatic rings. The molecule has 0 bridgehead atoms. The zero-order valence-electron chi connectivity index (χ0n) is 12.4. The molecule has 1 aliphatic carbocycles. The van der Waals surface area contributed by atoms with Crippen LogP contribution >= 0.6 is 15.9 Å². The zero-order chi connectivity index (χ0) is 14.0. The molecular weight excluding hydrogens is 304 g/mol. The molecule has 108 valence electrons. The number of hydrogen-bond donors (Lipinski definition) is 1. The van der Waals surface area contributed by atoms with Gasteiger partial charge in [-0.3, -0.25) is 0 Å². The molecule has 3 unspecified atom stereocenters. The fourth-order valence-electron chi connectivity index (χ4n) is 3.65. The van der Waals surface area contributed by atoms with Gasteiger partial charge in [0.05, 0.1) is 16.8 Å². The summed E-state index contributed by atoms with van der Waals surface area (Å²) in [6.45, 7) is 2.36. The number of rotatable bonds is 4. The highest BCUT2D eigenvalue weighted by atomic mass is 79.9. The van der Waals surface area contributed by atoms with E-state index < -0.39 is 0 Å². The first kappa shape index (κ1) is 15.1. The second kappa shape index (κ2) is 5.98. The Morgan fingerprint density at radius 1 is 1.53 bits per heavy atom. The van der Waals surface area contributed by atoms with Gasteiger partial charge < -0.3 is 14.6 Å². The summed E-state index contributed by atoms with van der Waals surface area (Å²) in [6, 6.07) is 2.20. The maximum absolute atomic E-state index is 5.74. The van der Waals surface area contributed by atoms with Crippen molar-refractivity contribution in [3.63, 3.8) is 0 Å². The standard InChI is InChI=1S/C15H25BrN2O/c1-11-6-5-8-15(10-11,18(3)4)14(17-2)13-12(16)7-9-19-13/h7,9,11,14,17H,5-6,8,10H2,1-4H3. The monoisotopic (exact) mass is 328 g/mol. The molecule has 1 aromatic heterocycles. The van der Waals surface area contributed by atoms with Gasteiger partial charge in [0.25, 0.3) is 0 Å². The molecule has 0 amide bonds. The van der Waals surface area contributed by atoms with E-state index in [1.807, 2.05) is 13.1 Å². The lowest BCUT2D eigenvalue weighted by molar-refractivity contribution is 0.0317. The Labute approximate surface area is 124 Å². The fraction of sp³-hybridized carbons (Fsp3) is 0.733. The van der Waals surface area contributed by atoms with Crippen LogP contribution < -0.4 is 5.32 Å². The first-order valence-electron chi connectivity index (χ1n) is 7.09. The first-order chi connectivity index (χ1) is 9.01. The Hall–Kier alpha value is -0.320. The van der Waals surface area contributed by atoms with E-state index in [1.165, 1.54) is 25.7 Å². The molecular formula is C15H25BrN2O. The third kappa shape index (κ3) is 2.76. The number of hydrogen-bond acceptors (Lipinski definition) is 3. The number of nitrogens with one attached hydrogen (secondary N) is 1. The van der Waals surface area contributed by atoms with Crippen molar-refractivity contribution in [2.24, 2.45) is 5.92 Å². The van der Waals surface area contributed by atoms with Gasteiger partial charge >= 0.3 is 0 Å². The Morgan fingerprint density at radius 3 is 2.74 bits per heavy atom. The van der Waals surface area contributed by atoms with E-state index in [-0.39, 0.29) is 11.6 Å². The van der Waals surface area contributed by atoms with Gasteiger partial charge in [0.15, 0.2) is 0 Å². The third-order valence-electron chi connectivity index (χ3n) is 4.63. The van der Waals surface area contributed by atoms with E-state index in [9.17, 15) is 0 Å². The van der Waals surface area contributed by atoms with E-state index in [1.54, 1.807) is 6.26 Å². The van der Waals surface area contributed by atoms with Gasteiger partial charge in [-0.15, -0.1) is 0 Å². The summed E-state index contributed by atoms with van der Waals surface area (Å²) < 4.78 is 6.81. The second-order valence-corrected chi connectivity index (χ2v) is 6.91. The first-order valence-corrected chi connectivity index (χ1v) is 7.88. The Balaban J connectivity index is 2.39. The van der Waals surface area contributed by atoms with Crippen LogP contribution in [0, 0.1) is 5.92 Å². The molecule has 0 spiro atoms. The van der Waals surface area contributed by atoms with Crippen LogP contribution in [-0.4, -0.2) is 31.6 Å². The summed E-state index contributed by atoms with van der Waals surface area (Å²) >= 11 is 3.61. The van der Waals surface area contributed by atoms with Crippen LogP contribution in [0.5, 0.6) is 0 Å². The van der Waals surface area contributed by atoms with Crippen LogP contribution in [0.2, 0.25) is 0 Å². The predicted molar refractivity (Wildman–Crippen MR) is 82.3 cm³/mol. The van der Waals surface area contributed by atoms with Crippen LogP contribution in [0.1, 0.15) is 44.4 Å². The van der Waals surface area contributed by atoms with E-state index in [2.05, 4.69) is 47.2 Å². The zero-order valence-corrected chi connectivity index (χ0v) is 14.0. The molecule has 3 nitrogen and oxygen atoms in total. The molecule has 1 heterocycles. The van der Waals surface area contributed by atoms with Gasteiger partial charge in [0, 0.05) is 5.54 Å². The van der Waals surface area contributed by atoms with Gasteiger partial charge in [-0.1, -0.05) is 19.8 Å². The van der Waals surface area contributed by atoms with Crippen LogP contribution in [0.3, 0.4) is 0 Å². The van der Waals surface area contributed by atoms with Crippen molar-refractivity contribution in [3.8, 4) is 0 Å². The molecule has 3 atom stereocenters. The molecule has 1 aliphatic rings. The minimum Gasteiger partial charge on any atom is -0.466 e. The van der Waals surface area contributed by atoms with E-state index in [0.717, 1.165) is 16.2 Å². The van der Waals surface area contributed by atoms with Crippen molar-refractivity contribution in [3.05, 3.63) is 22.6 Å². The highest BCUT2D eigenvalue weighted by Crippen LogP contribution is 2.45. The average Bonchev–Trinajstić information content (AvgIpc) is 2.76. The Kier molecular flexibility index (Phi) is 4.75. The molecule has 4 heteroatoms. The summed E-state index contributed by atoms with van der Waals surface area (Å²) in [7, 11) is 6.42. The topological polar surface area (TPSA) is 28.4 Å². The van der Waals surface area contributed by atoms with E-state index in [0.29, 0.717) is 0 Å². The fourth-order valence-corrected chi connectivity index (χ4v) is 4.08. The summed E-state index contributed by atoms with van der Waals surface area (Å²) in [5, 5.41) is 3.49. The van der Waals surface area contributed by atoms with Crippen molar-refractivity contribution in [2.75, 3.05) is 21.1 Å². The molecule has 1 fully saturated rings. The lowest BCUT2D eigenvalue weighted by Gasteiger charge is -2.49. The van der Waals surface area contributed by atoms with Gasteiger partial charge in [-0.2, -0.15) is 0 Å². The highest BCUT2D eigenvalue weighted by molar-refractivity contribution is 9.10. The average molecular weight is 329 g/mol. The molecule has 1 saturated carbocycles. The minimum absolute atomic E-state index is 0.132. The normalized spacial score (nSPS) is 29.7. The van der Waals surface area contributed by atoms with Crippen molar-refractivity contribution in [1.29, 1.82) is 0 Å². The molecule has 0 saturated heterocycles. The quantitative estimate of drug-likeness (QED) is 0.910. The SMILES string of the molecule is CNC(c1occc1Br)C1(N(C)C)CCCC(C)C1. The van der Waals surface area contributed by atoms with Gasteiger partial charge in [0.1, 0.15) is 5.76 Å². The largest absolute Gasteiger partial charge is 0.466 e. The number of likely N-dealkylation sites (N-methyl/N-ethyl adjacent to an activating group) is 2. The molecule has 0 aromatic carbocycles. The van der Waals surface area contributed by atoms with E-state index in [4.69, 9.17) is 4.42 Å². The van der Waals surface area contributed by atoms with E-state index >= 15 is 0 Å². The van der Waals surface area contributed by atoms with Gasteiger partial charge in [-0.05, 0) is 61.9 Å². The number of nitrogens with zero attached hydrogens (tertiary/aromatic N) is 1. The van der Waals surface area contributed by atoms with Crippen LogP contribution in [-0.2, 0) is 0 Å². The molecule has 2 rings (SSSR count). The molecule has 0 radical (unpaired) electrons. The lowest BCUT2D eigenvalue weighted by atomic mass is 9.70. The minimum atomic E-state index is 0.132. The second-order valence-electron chi connectivity index (χ2n) is 6.05. The molecule has 19 heavy (non-hydrogen) atoms. The summed E-state index contributed by atoms with van der Waals surface area (Å²) in [5.74, 6) is 1.78. The van der Waals surface area contributed by atoms with Gasteiger partial charge in [0.2, 0.25) is 0 Å². The summed E-state index contributed by atoms with van der Waals surface area (Å²) in [6.07, 6.45) is 6.81. The third-order valence-corrected chi connectivity index (χ3v) is 5.29. The van der Waals surface area contributed by atoms with Crippen molar-refractivity contribution in [2.45, 2.75) is 44.2 Å². The van der Waals surface area contributed by atoms with Crippen LogP contribution in [0.15, 0.2) is 21.2 Å². The number of furan rings is 1. The maximum atomic E-state index is 5.74. The smallest absolute Gasteiger partial charge is 0.136 e. The highest BCUT2D eigenvalue weighted by Gasteiger charge is 2.45. The van der Waals surface area contributed by atoms with Gasteiger partial charge in [-0.25, -0.2) is 0 Å². The lowest BCUT2D eigenvalue weighted by Crippen LogP contribution is -2.55. The predicted octanol–water partition coefficient (Wildman–Crippen LogP) is 3.81. The van der Waals surface area contributed by atoms with Crippen molar-refractivity contribution < 1.29 is 4.42 Å². The summed E-state index contributed by atoms with van der Waals surface area (Å²) in [4.78, 5) is 2.39. The Bertz CT molecular complexity index is 418. The molecule has 0 aliphatic heterocycles. The summed E-state index contributed by atoms with van der Waals surface area (Å²) in [5.41, 5.74) is 0.132. The van der Waals surface area contributed by atoms with Crippen LogP contribution in [0.25, 0.3) is 0 Å². The van der Waals surface area contributed by atoms with Crippen LogP contribution in [0.4, 0.5) is 0 Å². The van der Waals surface area contributed by atoms with Crippen molar-refractivity contribution in [1.82, 2.24) is 10.2 Å². The Morgan fingerprint density at radius 2 is 2.26 bits per heavy atom. The number of halogens is 1.